The van der Waals surface area contributed by atoms with Crippen LogP contribution in [0.2, 0.25) is 0 Å². The number of Topliss-reactive ketones (excluding diaryl/α,β-unsaturated/α-hetero) is 1. The van der Waals surface area contributed by atoms with E-state index < -0.39 is 0 Å². The molecule has 1 fully saturated rings. The van der Waals surface area contributed by atoms with Crippen molar-refractivity contribution >= 4 is 11.7 Å². The van der Waals surface area contributed by atoms with Gasteiger partial charge < -0.3 is 4.90 Å². The van der Waals surface area contributed by atoms with E-state index in [4.69, 9.17) is 0 Å². The molecular formula is C8H13NO2. The minimum Gasteiger partial charge on any atom is -0.334 e. The van der Waals surface area contributed by atoms with Crippen LogP contribution in [0.4, 0.5) is 0 Å². The molecule has 0 unspecified atom stereocenters. The molecule has 3 heteroatoms. The standard InChI is InChI=1S/C8H13NO2/c1-6(2)9-5-3-4-7(10)8(9)11/h6H,3-5H2,1-2H3. The van der Waals surface area contributed by atoms with Gasteiger partial charge in [0.15, 0.2) is 0 Å². The van der Waals surface area contributed by atoms with E-state index in [0.717, 1.165) is 13.0 Å². The van der Waals surface area contributed by atoms with E-state index in [1.165, 1.54) is 0 Å². The van der Waals surface area contributed by atoms with Crippen LogP contribution in [0.3, 0.4) is 0 Å². The molecule has 3 nitrogen and oxygen atoms in total. The maximum absolute atomic E-state index is 11.1. The summed E-state index contributed by atoms with van der Waals surface area (Å²) in [4.78, 5) is 23.7. The van der Waals surface area contributed by atoms with Gasteiger partial charge in [-0.3, -0.25) is 9.59 Å². The summed E-state index contributed by atoms with van der Waals surface area (Å²) in [5.41, 5.74) is 0. The predicted molar refractivity (Wildman–Crippen MR) is 41.1 cm³/mol. The summed E-state index contributed by atoms with van der Waals surface area (Å²) in [6.45, 7) is 4.59. The molecule has 0 N–H and O–H groups in total. The maximum atomic E-state index is 11.1. The third-order valence-electron chi connectivity index (χ3n) is 1.93. The fourth-order valence-corrected chi connectivity index (χ4v) is 1.27. The maximum Gasteiger partial charge on any atom is 0.290 e. The molecule has 1 amide bonds. The zero-order valence-electron chi connectivity index (χ0n) is 6.96. The first-order chi connectivity index (χ1) is 5.13. The number of rotatable bonds is 1. The minimum absolute atomic E-state index is 0.159. The van der Waals surface area contributed by atoms with Crippen molar-refractivity contribution in [1.82, 2.24) is 4.90 Å². The minimum atomic E-state index is -0.300. The molecule has 0 bridgehead atoms. The Labute approximate surface area is 66.4 Å². The van der Waals surface area contributed by atoms with Crippen molar-refractivity contribution in [3.05, 3.63) is 0 Å². The molecule has 1 aliphatic heterocycles. The molecule has 11 heavy (non-hydrogen) atoms. The lowest BCUT2D eigenvalue weighted by Crippen LogP contribution is -2.45. The number of likely N-dealkylation sites (tertiary alicyclic amines) is 1. The normalized spacial score (nSPS) is 19.7. The van der Waals surface area contributed by atoms with E-state index >= 15 is 0 Å². The van der Waals surface area contributed by atoms with Crippen molar-refractivity contribution < 1.29 is 9.59 Å². The molecule has 0 spiro atoms. The van der Waals surface area contributed by atoms with Crippen LogP contribution in [0, 0.1) is 0 Å². The van der Waals surface area contributed by atoms with E-state index in [2.05, 4.69) is 0 Å². The van der Waals surface area contributed by atoms with Crippen LogP contribution in [0.5, 0.6) is 0 Å². The summed E-state index contributed by atoms with van der Waals surface area (Å²) in [5.74, 6) is -0.531. The zero-order valence-corrected chi connectivity index (χ0v) is 6.96. The number of piperidine rings is 1. The smallest absolute Gasteiger partial charge is 0.290 e. The highest BCUT2D eigenvalue weighted by Crippen LogP contribution is 2.10. The summed E-state index contributed by atoms with van der Waals surface area (Å²) < 4.78 is 0. The highest BCUT2D eigenvalue weighted by atomic mass is 16.2. The number of hydrogen-bond acceptors (Lipinski definition) is 2. The second-order valence-corrected chi connectivity index (χ2v) is 3.12. The first-order valence-corrected chi connectivity index (χ1v) is 3.96. The highest BCUT2D eigenvalue weighted by molar-refractivity contribution is 6.36. The van der Waals surface area contributed by atoms with Gasteiger partial charge in [-0.2, -0.15) is 0 Å². The SMILES string of the molecule is CC(C)N1CCCC(=O)C1=O. The molecule has 0 aliphatic carbocycles. The second kappa shape index (κ2) is 3.03. The monoisotopic (exact) mass is 155 g/mol. The number of amides is 1. The first kappa shape index (κ1) is 8.24. The molecule has 0 aromatic rings. The molecular weight excluding hydrogens is 142 g/mol. The Morgan fingerprint density at radius 3 is 2.45 bits per heavy atom. The predicted octanol–water partition coefficient (Wildman–Crippen LogP) is 0.586. The van der Waals surface area contributed by atoms with Gasteiger partial charge in [-0.05, 0) is 20.3 Å². The lowest BCUT2D eigenvalue weighted by Gasteiger charge is -2.29. The van der Waals surface area contributed by atoms with Crippen molar-refractivity contribution in [2.24, 2.45) is 0 Å². The van der Waals surface area contributed by atoms with Crippen molar-refractivity contribution in [3.8, 4) is 0 Å². The Morgan fingerprint density at radius 2 is 2.00 bits per heavy atom. The Balaban J connectivity index is 2.66. The van der Waals surface area contributed by atoms with Crippen LogP contribution in [0.15, 0.2) is 0 Å². The van der Waals surface area contributed by atoms with Gasteiger partial charge in [0.2, 0.25) is 5.78 Å². The number of hydrogen-bond donors (Lipinski definition) is 0. The Morgan fingerprint density at radius 1 is 1.36 bits per heavy atom. The van der Waals surface area contributed by atoms with Gasteiger partial charge in [0.1, 0.15) is 0 Å². The number of ketones is 1. The summed E-state index contributed by atoms with van der Waals surface area (Å²) in [6.07, 6.45) is 1.25. The van der Waals surface area contributed by atoms with Crippen LogP contribution < -0.4 is 0 Å². The fraction of sp³-hybridized carbons (Fsp3) is 0.750. The fourth-order valence-electron chi connectivity index (χ4n) is 1.27. The van der Waals surface area contributed by atoms with Gasteiger partial charge in [0.25, 0.3) is 5.91 Å². The van der Waals surface area contributed by atoms with E-state index in [9.17, 15) is 9.59 Å². The Kier molecular flexibility index (Phi) is 2.27. The first-order valence-electron chi connectivity index (χ1n) is 3.96. The molecule has 0 radical (unpaired) electrons. The van der Waals surface area contributed by atoms with E-state index in [-0.39, 0.29) is 17.7 Å². The number of nitrogens with zero attached hydrogens (tertiary/aromatic N) is 1. The van der Waals surface area contributed by atoms with Gasteiger partial charge in [0.05, 0.1) is 0 Å². The van der Waals surface area contributed by atoms with Crippen molar-refractivity contribution in [2.45, 2.75) is 32.7 Å². The largest absolute Gasteiger partial charge is 0.334 e. The molecule has 1 rings (SSSR count). The van der Waals surface area contributed by atoms with Gasteiger partial charge in [-0.1, -0.05) is 0 Å². The molecule has 0 atom stereocenters. The Hall–Kier alpha value is -0.860. The topological polar surface area (TPSA) is 37.4 Å². The van der Waals surface area contributed by atoms with E-state index in [0.29, 0.717) is 6.42 Å². The Bertz CT molecular complexity index is 187. The van der Waals surface area contributed by atoms with Crippen LogP contribution in [0.1, 0.15) is 26.7 Å². The van der Waals surface area contributed by atoms with Crippen LogP contribution in [-0.2, 0) is 9.59 Å². The average Bonchev–Trinajstić information content (AvgIpc) is 1.94. The molecule has 0 aromatic carbocycles. The third kappa shape index (κ3) is 1.59. The third-order valence-corrected chi connectivity index (χ3v) is 1.93. The average molecular weight is 155 g/mol. The van der Waals surface area contributed by atoms with Crippen LogP contribution in [-0.4, -0.2) is 29.2 Å². The highest BCUT2D eigenvalue weighted by Gasteiger charge is 2.27. The van der Waals surface area contributed by atoms with Crippen molar-refractivity contribution in [1.29, 1.82) is 0 Å². The van der Waals surface area contributed by atoms with Gasteiger partial charge in [-0.15, -0.1) is 0 Å². The molecule has 0 aromatic heterocycles. The summed E-state index contributed by atoms with van der Waals surface area (Å²) in [6, 6.07) is 0.159. The van der Waals surface area contributed by atoms with Crippen LogP contribution in [0.25, 0.3) is 0 Å². The van der Waals surface area contributed by atoms with Crippen LogP contribution >= 0.6 is 0 Å². The number of carbonyl (C=O) groups is 2. The van der Waals surface area contributed by atoms with Crippen molar-refractivity contribution in [2.75, 3.05) is 6.54 Å². The van der Waals surface area contributed by atoms with Gasteiger partial charge in [-0.25, -0.2) is 0 Å². The molecule has 1 heterocycles. The summed E-state index contributed by atoms with van der Waals surface area (Å²) in [7, 11) is 0. The number of carbonyl (C=O) groups excluding carboxylic acids is 2. The second-order valence-electron chi connectivity index (χ2n) is 3.12. The lowest BCUT2D eigenvalue weighted by molar-refractivity contribution is -0.148. The molecule has 1 aliphatic rings. The summed E-state index contributed by atoms with van der Waals surface area (Å²) >= 11 is 0. The van der Waals surface area contributed by atoms with Gasteiger partial charge >= 0.3 is 0 Å². The zero-order chi connectivity index (χ0) is 8.43. The van der Waals surface area contributed by atoms with Gasteiger partial charge in [0, 0.05) is 19.0 Å². The molecule has 0 saturated carbocycles. The summed E-state index contributed by atoms with van der Waals surface area (Å²) in [5, 5.41) is 0. The molecule has 62 valence electrons. The molecule has 1 saturated heterocycles. The quantitative estimate of drug-likeness (QED) is 0.519. The van der Waals surface area contributed by atoms with Crippen molar-refractivity contribution in [3.63, 3.8) is 0 Å². The van der Waals surface area contributed by atoms with E-state index in [1.807, 2.05) is 13.8 Å². The van der Waals surface area contributed by atoms with E-state index in [1.54, 1.807) is 4.90 Å². The lowest BCUT2D eigenvalue weighted by atomic mass is 10.1.